The normalized spacial score (nSPS) is 11.2. The van der Waals surface area contributed by atoms with Crippen molar-refractivity contribution in [1.29, 1.82) is 0 Å². The predicted octanol–water partition coefficient (Wildman–Crippen LogP) is 1.01. The Balaban J connectivity index is 3.06. The summed E-state index contributed by atoms with van der Waals surface area (Å²) >= 11 is 0. The molecule has 1 aromatic rings. The van der Waals surface area contributed by atoms with Crippen LogP contribution in [0, 0.1) is 0 Å². The molecule has 1 rings (SSSR count). The van der Waals surface area contributed by atoms with Crippen LogP contribution >= 0.6 is 0 Å². The number of hydrogen-bond donors (Lipinski definition) is 0. The molecular formula is C8H11NO3S. The summed E-state index contributed by atoms with van der Waals surface area (Å²) in [7, 11) is -2.04. The van der Waals surface area contributed by atoms with Crippen molar-refractivity contribution in [3.8, 4) is 0 Å². The minimum atomic E-state index is -3.36. The van der Waals surface area contributed by atoms with Gasteiger partial charge < -0.3 is 0 Å². The first-order chi connectivity index (χ1) is 6.05. The molecule has 0 unspecified atom stereocenters. The molecule has 72 valence electrons. The van der Waals surface area contributed by atoms with Gasteiger partial charge in [0.1, 0.15) is 0 Å². The summed E-state index contributed by atoms with van der Waals surface area (Å²) < 4.78 is 23.2. The van der Waals surface area contributed by atoms with Gasteiger partial charge in [0.2, 0.25) is 0 Å². The predicted molar refractivity (Wildman–Crippen MR) is 50.8 cm³/mol. The van der Waals surface area contributed by atoms with E-state index < -0.39 is 10.0 Å². The Morgan fingerprint density at radius 1 is 1.23 bits per heavy atom. The molecule has 13 heavy (non-hydrogen) atoms. The average Bonchev–Trinajstić information content (AvgIpc) is 2.05. The van der Waals surface area contributed by atoms with Crippen LogP contribution in [0.25, 0.3) is 0 Å². The second kappa shape index (κ2) is 3.76. The van der Waals surface area contributed by atoms with Crippen molar-refractivity contribution in [3.05, 3.63) is 30.3 Å². The van der Waals surface area contributed by atoms with Gasteiger partial charge in [0.15, 0.2) is 0 Å². The lowest BCUT2D eigenvalue weighted by molar-refractivity contribution is 0.217. The largest absolute Gasteiger partial charge is 0.262 e. The molecule has 0 heterocycles. The first kappa shape index (κ1) is 10.0. The van der Waals surface area contributed by atoms with Crippen LogP contribution in [0.1, 0.15) is 0 Å². The van der Waals surface area contributed by atoms with Crippen molar-refractivity contribution >= 4 is 15.7 Å². The van der Waals surface area contributed by atoms with Gasteiger partial charge >= 0.3 is 0 Å². The van der Waals surface area contributed by atoms with Crippen LogP contribution in [-0.4, -0.2) is 21.8 Å². The molecule has 0 saturated heterocycles. The number of sulfonamides is 1. The maximum Gasteiger partial charge on any atom is 0.254 e. The highest BCUT2D eigenvalue weighted by Gasteiger charge is 2.15. The third-order valence-corrected chi connectivity index (χ3v) is 2.40. The van der Waals surface area contributed by atoms with E-state index in [4.69, 9.17) is 4.84 Å². The summed E-state index contributed by atoms with van der Waals surface area (Å²) in [5.74, 6) is 0. The number of rotatable bonds is 3. The molecule has 0 bridgehead atoms. The molecule has 0 aliphatic carbocycles. The van der Waals surface area contributed by atoms with E-state index in [0.717, 1.165) is 10.7 Å². The maximum absolute atomic E-state index is 11.2. The SMILES string of the molecule is CON(c1ccccc1)S(C)(=O)=O. The molecule has 0 aromatic heterocycles. The average molecular weight is 201 g/mol. The van der Waals surface area contributed by atoms with Crippen LogP contribution in [0.3, 0.4) is 0 Å². The molecule has 0 aliphatic rings. The summed E-state index contributed by atoms with van der Waals surface area (Å²) in [4.78, 5) is 4.75. The molecule has 0 fully saturated rings. The van der Waals surface area contributed by atoms with Gasteiger partial charge in [-0.05, 0) is 12.1 Å². The summed E-state index contributed by atoms with van der Waals surface area (Å²) in [5, 5.41) is 0. The smallest absolute Gasteiger partial charge is 0.254 e. The van der Waals surface area contributed by atoms with E-state index in [1.807, 2.05) is 0 Å². The van der Waals surface area contributed by atoms with Gasteiger partial charge in [-0.1, -0.05) is 18.2 Å². The van der Waals surface area contributed by atoms with Gasteiger partial charge in [-0.3, -0.25) is 4.84 Å². The van der Waals surface area contributed by atoms with Crippen molar-refractivity contribution in [2.45, 2.75) is 0 Å². The van der Waals surface area contributed by atoms with Crippen LogP contribution in [0.4, 0.5) is 5.69 Å². The minimum absolute atomic E-state index is 0.493. The van der Waals surface area contributed by atoms with Crippen molar-refractivity contribution < 1.29 is 13.3 Å². The van der Waals surface area contributed by atoms with E-state index in [1.165, 1.54) is 7.11 Å². The number of nitrogens with zero attached hydrogens (tertiary/aromatic N) is 1. The van der Waals surface area contributed by atoms with E-state index >= 15 is 0 Å². The van der Waals surface area contributed by atoms with Gasteiger partial charge in [-0.25, -0.2) is 8.42 Å². The zero-order chi connectivity index (χ0) is 9.90. The van der Waals surface area contributed by atoms with Crippen LogP contribution in [0.15, 0.2) is 30.3 Å². The summed E-state index contributed by atoms with van der Waals surface area (Å²) in [6, 6.07) is 8.60. The van der Waals surface area contributed by atoms with E-state index in [1.54, 1.807) is 30.3 Å². The summed E-state index contributed by atoms with van der Waals surface area (Å²) in [5.41, 5.74) is 0.493. The zero-order valence-electron chi connectivity index (χ0n) is 7.47. The molecular weight excluding hydrogens is 190 g/mol. The number of benzene rings is 1. The lowest BCUT2D eigenvalue weighted by Gasteiger charge is -2.18. The Morgan fingerprint density at radius 2 is 1.77 bits per heavy atom. The van der Waals surface area contributed by atoms with Gasteiger partial charge in [-0.2, -0.15) is 0 Å². The van der Waals surface area contributed by atoms with Gasteiger partial charge in [-0.15, -0.1) is 4.47 Å². The minimum Gasteiger partial charge on any atom is -0.262 e. The second-order valence-electron chi connectivity index (χ2n) is 2.51. The fourth-order valence-electron chi connectivity index (χ4n) is 0.982. The molecule has 0 saturated carbocycles. The first-order valence-corrected chi connectivity index (χ1v) is 5.50. The Hall–Kier alpha value is -1.07. The van der Waals surface area contributed by atoms with E-state index in [-0.39, 0.29) is 0 Å². The van der Waals surface area contributed by atoms with Crippen LogP contribution < -0.4 is 4.47 Å². The first-order valence-electron chi connectivity index (χ1n) is 3.65. The Kier molecular flexibility index (Phi) is 2.90. The lowest BCUT2D eigenvalue weighted by Crippen LogP contribution is -2.28. The number of anilines is 1. The molecule has 0 amide bonds. The molecule has 0 atom stereocenters. The summed E-state index contributed by atoms with van der Waals surface area (Å²) in [6.45, 7) is 0. The molecule has 0 aliphatic heterocycles. The highest BCUT2D eigenvalue weighted by atomic mass is 32.2. The van der Waals surface area contributed by atoms with E-state index in [0.29, 0.717) is 5.69 Å². The van der Waals surface area contributed by atoms with Gasteiger partial charge in [0, 0.05) is 0 Å². The Morgan fingerprint density at radius 3 is 2.15 bits per heavy atom. The molecule has 5 heteroatoms. The standard InChI is InChI=1S/C8H11NO3S/c1-12-9(13(2,10)11)8-6-4-3-5-7-8/h3-7H,1-2H3. The lowest BCUT2D eigenvalue weighted by atomic mass is 10.3. The van der Waals surface area contributed by atoms with Crippen molar-refractivity contribution in [1.82, 2.24) is 0 Å². The van der Waals surface area contributed by atoms with E-state index in [9.17, 15) is 8.42 Å². The van der Waals surface area contributed by atoms with Gasteiger partial charge in [0.05, 0.1) is 19.1 Å². The topological polar surface area (TPSA) is 46.6 Å². The molecule has 0 radical (unpaired) electrons. The number of hydrogen-bond acceptors (Lipinski definition) is 3. The highest BCUT2D eigenvalue weighted by Crippen LogP contribution is 2.15. The van der Waals surface area contributed by atoms with Crippen molar-refractivity contribution in [2.24, 2.45) is 0 Å². The van der Waals surface area contributed by atoms with Crippen LogP contribution in [0.5, 0.6) is 0 Å². The van der Waals surface area contributed by atoms with E-state index in [2.05, 4.69) is 0 Å². The third-order valence-electron chi connectivity index (χ3n) is 1.43. The van der Waals surface area contributed by atoms with Crippen LogP contribution in [-0.2, 0) is 14.9 Å². The van der Waals surface area contributed by atoms with Gasteiger partial charge in [0.25, 0.3) is 10.0 Å². The quantitative estimate of drug-likeness (QED) is 0.686. The Labute approximate surface area is 77.7 Å². The fourth-order valence-corrected chi connectivity index (χ4v) is 1.76. The monoisotopic (exact) mass is 201 g/mol. The van der Waals surface area contributed by atoms with Crippen LogP contribution in [0.2, 0.25) is 0 Å². The third kappa shape index (κ3) is 2.43. The molecule has 4 nitrogen and oxygen atoms in total. The fraction of sp³-hybridized carbons (Fsp3) is 0.250. The highest BCUT2D eigenvalue weighted by molar-refractivity contribution is 7.91. The summed E-state index contributed by atoms with van der Waals surface area (Å²) in [6.07, 6.45) is 1.09. The molecule has 0 spiro atoms. The molecule has 0 N–H and O–H groups in total. The van der Waals surface area contributed by atoms with Crippen molar-refractivity contribution in [2.75, 3.05) is 17.8 Å². The molecule has 1 aromatic carbocycles. The second-order valence-corrected chi connectivity index (χ2v) is 4.31. The Bertz CT molecular complexity index is 360. The number of para-hydroxylation sites is 1. The maximum atomic E-state index is 11.2. The zero-order valence-corrected chi connectivity index (χ0v) is 8.28. The van der Waals surface area contributed by atoms with Crippen molar-refractivity contribution in [3.63, 3.8) is 0 Å².